The van der Waals surface area contributed by atoms with Crippen molar-refractivity contribution in [1.82, 2.24) is 4.90 Å². The van der Waals surface area contributed by atoms with Gasteiger partial charge in [0.2, 0.25) is 0 Å². The maximum atomic E-state index is 12.9. The van der Waals surface area contributed by atoms with Crippen LogP contribution in [-0.4, -0.2) is 30.4 Å². The maximum Gasteiger partial charge on any atom is 0.340 e. The van der Waals surface area contributed by atoms with Gasteiger partial charge in [0.25, 0.3) is 5.91 Å². The molecule has 3 rings (SSSR count). The summed E-state index contributed by atoms with van der Waals surface area (Å²) in [5, 5.41) is 0.333. The van der Waals surface area contributed by atoms with E-state index in [2.05, 4.69) is 6.07 Å². The van der Waals surface area contributed by atoms with Crippen molar-refractivity contribution in [2.24, 2.45) is 0 Å². The molecular formula is C19H17Cl2NO3. The van der Waals surface area contributed by atoms with Crippen molar-refractivity contribution in [1.29, 1.82) is 0 Å². The van der Waals surface area contributed by atoms with Crippen LogP contribution in [0.3, 0.4) is 0 Å². The Balaban J connectivity index is 1.94. The van der Waals surface area contributed by atoms with Crippen molar-refractivity contribution in [2.45, 2.75) is 19.9 Å². The minimum absolute atomic E-state index is 0.115. The first kappa shape index (κ1) is 17.8. The first-order chi connectivity index (χ1) is 11.9. The fourth-order valence-corrected chi connectivity index (χ4v) is 3.79. The zero-order chi connectivity index (χ0) is 18.1. The van der Waals surface area contributed by atoms with Crippen LogP contribution in [0.25, 0.3) is 0 Å². The molecule has 1 amide bonds. The second-order valence-electron chi connectivity index (χ2n) is 6.03. The molecule has 0 bridgehead atoms. The van der Waals surface area contributed by atoms with E-state index in [0.717, 1.165) is 11.1 Å². The molecule has 0 unspecified atom stereocenters. The van der Waals surface area contributed by atoms with Gasteiger partial charge in [0.1, 0.15) is 0 Å². The predicted octanol–water partition coefficient (Wildman–Crippen LogP) is 4.29. The number of methoxy groups -OCH3 is 1. The smallest absolute Gasteiger partial charge is 0.340 e. The number of ether oxygens (including phenoxy) is 1. The van der Waals surface area contributed by atoms with Crippen LogP contribution < -0.4 is 0 Å². The lowest BCUT2D eigenvalue weighted by Gasteiger charge is -2.30. The molecule has 0 aromatic heterocycles. The van der Waals surface area contributed by atoms with Crippen LogP contribution in [0.4, 0.5) is 0 Å². The summed E-state index contributed by atoms with van der Waals surface area (Å²) in [6.07, 6.45) is 0.562. The average Bonchev–Trinajstić information content (AvgIpc) is 2.58. The number of carbonyl (C=O) groups is 2. The summed E-state index contributed by atoms with van der Waals surface area (Å²) < 4.78 is 4.72. The van der Waals surface area contributed by atoms with E-state index in [0.29, 0.717) is 30.6 Å². The Kier molecular flexibility index (Phi) is 5.02. The molecule has 1 aliphatic rings. The minimum atomic E-state index is -0.604. The molecule has 6 heteroatoms. The molecule has 2 aromatic carbocycles. The molecule has 130 valence electrons. The van der Waals surface area contributed by atoms with Crippen molar-refractivity contribution in [3.05, 3.63) is 68.2 Å². The van der Waals surface area contributed by atoms with E-state index < -0.39 is 5.97 Å². The van der Waals surface area contributed by atoms with Crippen molar-refractivity contribution in [3.63, 3.8) is 0 Å². The van der Waals surface area contributed by atoms with Gasteiger partial charge in [-0.1, -0.05) is 53.0 Å². The zero-order valence-electron chi connectivity index (χ0n) is 13.9. The van der Waals surface area contributed by atoms with Gasteiger partial charge in [0, 0.05) is 18.7 Å². The summed E-state index contributed by atoms with van der Waals surface area (Å²) in [5.74, 6) is -0.740. The van der Waals surface area contributed by atoms with Crippen LogP contribution in [0.2, 0.25) is 10.0 Å². The van der Waals surface area contributed by atoms with Gasteiger partial charge in [-0.15, -0.1) is 0 Å². The molecule has 0 saturated carbocycles. The van der Waals surface area contributed by atoms with Crippen molar-refractivity contribution >= 4 is 35.1 Å². The number of carbonyl (C=O) groups excluding carboxylic acids is 2. The van der Waals surface area contributed by atoms with Gasteiger partial charge in [0.15, 0.2) is 0 Å². The number of hydrogen-bond acceptors (Lipinski definition) is 3. The molecular weight excluding hydrogens is 361 g/mol. The first-order valence-electron chi connectivity index (χ1n) is 7.86. The maximum absolute atomic E-state index is 12.9. The van der Waals surface area contributed by atoms with Crippen molar-refractivity contribution < 1.29 is 14.3 Å². The number of benzene rings is 2. The van der Waals surface area contributed by atoms with E-state index in [-0.39, 0.29) is 21.5 Å². The molecule has 0 radical (unpaired) electrons. The molecule has 0 fully saturated rings. The fourth-order valence-electron chi connectivity index (χ4n) is 3.08. The second kappa shape index (κ2) is 7.06. The highest BCUT2D eigenvalue weighted by Gasteiger charge is 2.30. The molecule has 0 aliphatic carbocycles. The van der Waals surface area contributed by atoms with E-state index >= 15 is 0 Å². The number of fused-ring (bicyclic) bond motifs is 1. The molecule has 1 aliphatic heterocycles. The Morgan fingerprint density at radius 3 is 2.72 bits per heavy atom. The van der Waals surface area contributed by atoms with Crippen LogP contribution >= 0.6 is 23.2 Å². The van der Waals surface area contributed by atoms with Crippen molar-refractivity contribution in [3.8, 4) is 0 Å². The van der Waals surface area contributed by atoms with Gasteiger partial charge < -0.3 is 9.64 Å². The molecule has 1 heterocycles. The molecule has 0 N–H and O–H groups in total. The number of aryl methyl sites for hydroxylation is 1. The third kappa shape index (κ3) is 3.37. The molecule has 0 atom stereocenters. The Hall–Kier alpha value is -2.04. The summed E-state index contributed by atoms with van der Waals surface area (Å²) >= 11 is 12.5. The normalized spacial score (nSPS) is 13.6. The monoisotopic (exact) mass is 377 g/mol. The molecule has 0 saturated heterocycles. The van der Waals surface area contributed by atoms with Crippen LogP contribution in [0.1, 0.15) is 37.4 Å². The van der Waals surface area contributed by atoms with Crippen LogP contribution in [-0.2, 0) is 17.7 Å². The predicted molar refractivity (Wildman–Crippen MR) is 97.4 cm³/mol. The Bertz CT molecular complexity index is 864. The van der Waals surface area contributed by atoms with E-state index in [4.69, 9.17) is 27.9 Å². The number of amides is 1. The highest BCUT2D eigenvalue weighted by Crippen LogP contribution is 2.35. The SMILES string of the molecule is COC(=O)c1c(Cl)cc2c(c1Cl)CCN(Cc1cccc(C)c1)C2=O. The number of rotatable bonds is 3. The van der Waals surface area contributed by atoms with Gasteiger partial charge in [-0.3, -0.25) is 4.79 Å². The molecule has 25 heavy (non-hydrogen) atoms. The summed E-state index contributed by atoms with van der Waals surface area (Å²) in [7, 11) is 1.27. The highest BCUT2D eigenvalue weighted by molar-refractivity contribution is 6.40. The summed E-state index contributed by atoms with van der Waals surface area (Å²) in [5.41, 5.74) is 3.43. The third-order valence-corrected chi connectivity index (χ3v) is 5.03. The average molecular weight is 378 g/mol. The number of hydrogen-bond donors (Lipinski definition) is 0. The Morgan fingerprint density at radius 1 is 1.28 bits per heavy atom. The van der Waals surface area contributed by atoms with Crippen LogP contribution in [0.15, 0.2) is 30.3 Å². The lowest BCUT2D eigenvalue weighted by molar-refractivity contribution is 0.0599. The number of halogens is 2. The lowest BCUT2D eigenvalue weighted by atomic mass is 9.95. The van der Waals surface area contributed by atoms with Gasteiger partial charge >= 0.3 is 5.97 Å². The van der Waals surface area contributed by atoms with E-state index in [1.54, 1.807) is 4.90 Å². The van der Waals surface area contributed by atoms with E-state index in [1.165, 1.54) is 13.2 Å². The van der Waals surface area contributed by atoms with Crippen LogP contribution in [0, 0.1) is 6.92 Å². The summed E-state index contributed by atoms with van der Waals surface area (Å²) in [4.78, 5) is 26.5. The Labute approximate surface area is 156 Å². The van der Waals surface area contributed by atoms with E-state index in [9.17, 15) is 9.59 Å². The fraction of sp³-hybridized carbons (Fsp3) is 0.263. The summed E-state index contributed by atoms with van der Waals surface area (Å²) in [6.45, 7) is 3.07. The molecule has 0 spiro atoms. The van der Waals surface area contributed by atoms with Gasteiger partial charge in [-0.2, -0.15) is 0 Å². The quantitative estimate of drug-likeness (QED) is 0.749. The molecule has 2 aromatic rings. The summed E-state index contributed by atoms with van der Waals surface area (Å²) in [6, 6.07) is 9.56. The lowest BCUT2D eigenvalue weighted by Crippen LogP contribution is -2.37. The Morgan fingerprint density at radius 2 is 2.04 bits per heavy atom. The topological polar surface area (TPSA) is 46.6 Å². The number of esters is 1. The van der Waals surface area contributed by atoms with Gasteiger partial charge in [0.05, 0.1) is 22.7 Å². The van der Waals surface area contributed by atoms with E-state index in [1.807, 2.05) is 25.1 Å². The molecule has 4 nitrogen and oxygen atoms in total. The first-order valence-corrected chi connectivity index (χ1v) is 8.62. The van der Waals surface area contributed by atoms with Crippen molar-refractivity contribution in [2.75, 3.05) is 13.7 Å². The van der Waals surface area contributed by atoms with Gasteiger partial charge in [-0.25, -0.2) is 4.79 Å². The standard InChI is InChI=1S/C19H17Cl2NO3/c1-11-4-3-5-12(8-11)10-22-7-6-13-14(18(22)23)9-15(20)16(17(13)21)19(24)25-2/h3-5,8-9H,6-7,10H2,1-2H3. The highest BCUT2D eigenvalue weighted by atomic mass is 35.5. The minimum Gasteiger partial charge on any atom is -0.465 e. The third-order valence-electron chi connectivity index (χ3n) is 4.31. The largest absolute Gasteiger partial charge is 0.465 e. The number of nitrogens with zero attached hydrogens (tertiary/aromatic N) is 1. The van der Waals surface area contributed by atoms with Gasteiger partial charge in [-0.05, 0) is 30.5 Å². The zero-order valence-corrected chi connectivity index (χ0v) is 15.4. The second-order valence-corrected chi connectivity index (χ2v) is 6.82. The van der Waals surface area contributed by atoms with Crippen LogP contribution in [0.5, 0.6) is 0 Å².